The summed E-state index contributed by atoms with van der Waals surface area (Å²) in [5.41, 5.74) is 6.02. The van der Waals surface area contributed by atoms with Crippen molar-refractivity contribution in [2.75, 3.05) is 34.9 Å². The molecule has 2 aliphatic rings. The Kier molecular flexibility index (Phi) is 17.1. The van der Waals surface area contributed by atoms with Crippen LogP contribution in [0.5, 0.6) is 0 Å². The average Bonchev–Trinajstić information content (AvgIpc) is 3.62. The highest BCUT2D eigenvalue weighted by atomic mass is 16.5. The van der Waals surface area contributed by atoms with E-state index in [-0.39, 0.29) is 66.6 Å². The zero-order valence-electron chi connectivity index (χ0n) is 33.8. The molecule has 1 aromatic rings. The summed E-state index contributed by atoms with van der Waals surface area (Å²) in [7, 11) is 6.29. The summed E-state index contributed by atoms with van der Waals surface area (Å²) < 4.78 is 17.2. The Morgan fingerprint density at radius 3 is 2.08 bits per heavy atom. The van der Waals surface area contributed by atoms with E-state index in [0.717, 1.165) is 44.1 Å². The highest BCUT2D eigenvalue weighted by Crippen LogP contribution is 2.35. The third-order valence-electron chi connectivity index (χ3n) is 11.8. The van der Waals surface area contributed by atoms with Gasteiger partial charge in [-0.3, -0.25) is 24.0 Å². The molecule has 11 heteroatoms. The minimum absolute atomic E-state index is 0.00415. The van der Waals surface area contributed by atoms with Gasteiger partial charge in [-0.1, -0.05) is 70.4 Å². The van der Waals surface area contributed by atoms with E-state index in [4.69, 9.17) is 19.9 Å². The lowest BCUT2D eigenvalue weighted by Crippen LogP contribution is -2.55. The van der Waals surface area contributed by atoms with Crippen molar-refractivity contribution in [3.05, 3.63) is 35.9 Å². The van der Waals surface area contributed by atoms with Crippen molar-refractivity contribution < 1.29 is 38.2 Å². The van der Waals surface area contributed by atoms with E-state index in [9.17, 15) is 24.0 Å². The number of carbonyl (C=O) groups is 5. The van der Waals surface area contributed by atoms with Gasteiger partial charge in [0.15, 0.2) is 5.78 Å². The molecule has 1 saturated carbocycles. The second kappa shape index (κ2) is 20.5. The number of hydrogen-bond donors (Lipinski definition) is 1. The van der Waals surface area contributed by atoms with Crippen LogP contribution in [0.15, 0.2) is 30.3 Å². The lowest BCUT2D eigenvalue weighted by atomic mass is 9.79. The number of likely N-dealkylation sites (tertiary alicyclic amines) is 1. The lowest BCUT2D eigenvalue weighted by Gasteiger charge is -2.43. The molecular formula is C42H67N3O8. The third kappa shape index (κ3) is 11.9. The maximum absolute atomic E-state index is 14.3. The van der Waals surface area contributed by atoms with E-state index in [0.29, 0.717) is 19.4 Å². The summed E-state index contributed by atoms with van der Waals surface area (Å²) in [6.45, 7) is 9.57. The summed E-state index contributed by atoms with van der Waals surface area (Å²) in [4.78, 5) is 71.7. The van der Waals surface area contributed by atoms with Crippen LogP contribution in [-0.4, -0.2) is 104 Å². The van der Waals surface area contributed by atoms with E-state index < -0.39 is 41.5 Å². The van der Waals surface area contributed by atoms with Gasteiger partial charge in [0.25, 0.3) is 0 Å². The molecule has 1 saturated heterocycles. The number of hydrogen-bond acceptors (Lipinski definition) is 9. The Balaban J connectivity index is 1.81. The van der Waals surface area contributed by atoms with E-state index in [1.165, 1.54) is 7.11 Å². The standard InChI is InChI=1S/C42H67N3O8/c1-27(2)32(25-36(47)42(4,5)43)40(49)44(6)38(30-19-14-11-15-20-30)35(51-7)26-37(48)45-22-16-21-33(45)39(52-8)28(3)34(46)24-31(41(50)53-9)23-29-17-12-10-13-18-29/h10,12-13,17-18,27-28,30-33,35,38-39H,11,14-16,19-26,43H2,1-9H3/t28-,31+,32-,33-,35+,38-,39+/m0/s1. The molecule has 0 bridgehead atoms. The van der Waals surface area contributed by atoms with Gasteiger partial charge in [0.05, 0.1) is 49.3 Å². The van der Waals surface area contributed by atoms with Crippen LogP contribution in [0.3, 0.4) is 0 Å². The second-order valence-electron chi connectivity index (χ2n) is 16.4. The van der Waals surface area contributed by atoms with Gasteiger partial charge in [0.2, 0.25) is 11.8 Å². The van der Waals surface area contributed by atoms with Crippen molar-refractivity contribution in [1.29, 1.82) is 0 Å². The molecule has 53 heavy (non-hydrogen) atoms. The van der Waals surface area contributed by atoms with Crippen LogP contribution in [0.1, 0.15) is 104 Å². The van der Waals surface area contributed by atoms with Crippen molar-refractivity contribution in [1.82, 2.24) is 9.80 Å². The molecule has 0 aromatic heterocycles. The number of nitrogens with two attached hydrogens (primary N) is 1. The van der Waals surface area contributed by atoms with Gasteiger partial charge in [-0.25, -0.2) is 0 Å². The fourth-order valence-corrected chi connectivity index (χ4v) is 8.51. The predicted octanol–water partition coefficient (Wildman–Crippen LogP) is 5.40. The van der Waals surface area contributed by atoms with Gasteiger partial charge >= 0.3 is 5.97 Å². The average molecular weight is 742 g/mol. The van der Waals surface area contributed by atoms with Gasteiger partial charge in [-0.05, 0) is 63.4 Å². The summed E-state index contributed by atoms with van der Waals surface area (Å²) >= 11 is 0. The first-order valence-electron chi connectivity index (χ1n) is 19.6. The summed E-state index contributed by atoms with van der Waals surface area (Å²) in [5, 5.41) is 0. The van der Waals surface area contributed by atoms with E-state index in [1.54, 1.807) is 40.0 Å². The normalized spacial score (nSPS) is 20.3. The molecule has 2 N–H and O–H groups in total. The summed E-state index contributed by atoms with van der Waals surface area (Å²) in [6, 6.07) is 8.86. The molecule has 1 aliphatic carbocycles. The molecule has 0 spiro atoms. The van der Waals surface area contributed by atoms with Gasteiger partial charge in [0, 0.05) is 52.5 Å². The minimum Gasteiger partial charge on any atom is -0.469 e. The fraction of sp³-hybridized carbons (Fsp3) is 0.738. The number of ether oxygens (including phenoxy) is 3. The van der Waals surface area contributed by atoms with Gasteiger partial charge in [-0.15, -0.1) is 0 Å². The van der Waals surface area contributed by atoms with Gasteiger partial charge < -0.3 is 29.7 Å². The number of benzene rings is 1. The maximum Gasteiger partial charge on any atom is 0.309 e. The number of esters is 1. The zero-order valence-corrected chi connectivity index (χ0v) is 33.8. The topological polar surface area (TPSA) is 146 Å². The highest BCUT2D eigenvalue weighted by molar-refractivity contribution is 5.92. The number of methoxy groups -OCH3 is 3. The van der Waals surface area contributed by atoms with Crippen molar-refractivity contribution in [3.8, 4) is 0 Å². The number of likely N-dealkylation sites (N-methyl/N-ethyl adjacent to an activating group) is 1. The van der Waals surface area contributed by atoms with E-state index in [1.807, 2.05) is 56.0 Å². The van der Waals surface area contributed by atoms with Crippen molar-refractivity contribution in [2.45, 2.75) is 135 Å². The number of carbonyl (C=O) groups excluding carboxylic acids is 5. The minimum atomic E-state index is -1.05. The fourth-order valence-electron chi connectivity index (χ4n) is 8.51. The molecule has 11 nitrogen and oxygen atoms in total. The number of amides is 2. The van der Waals surface area contributed by atoms with Crippen LogP contribution >= 0.6 is 0 Å². The third-order valence-corrected chi connectivity index (χ3v) is 11.8. The first-order chi connectivity index (χ1) is 25.0. The quantitative estimate of drug-likeness (QED) is 0.174. The van der Waals surface area contributed by atoms with Crippen LogP contribution < -0.4 is 5.73 Å². The lowest BCUT2D eigenvalue weighted by molar-refractivity contribution is -0.150. The molecule has 2 amide bonds. The number of rotatable bonds is 20. The maximum atomic E-state index is 14.3. The molecule has 0 radical (unpaired) electrons. The number of nitrogens with zero attached hydrogens (tertiary/aromatic N) is 2. The van der Waals surface area contributed by atoms with Crippen LogP contribution in [-0.2, 0) is 44.6 Å². The van der Waals surface area contributed by atoms with Crippen molar-refractivity contribution in [2.24, 2.45) is 35.3 Å². The SMILES string of the molecule is COC(=O)[C@@H](CC(=O)[C@H](C)[C@@H](OC)[C@@H]1CCCN1C(=O)C[C@@H](OC)[C@H](C1CCCCC1)N(C)C(=O)[C@@H](CC(=O)C(C)(C)N)C(C)C)Cc1ccccc1. The van der Waals surface area contributed by atoms with Crippen LogP contribution in [0.25, 0.3) is 0 Å². The van der Waals surface area contributed by atoms with Crippen molar-refractivity contribution in [3.63, 3.8) is 0 Å². The Hall–Kier alpha value is -3.15. The smallest absolute Gasteiger partial charge is 0.309 e. The Labute approximate surface area is 318 Å². The van der Waals surface area contributed by atoms with Gasteiger partial charge in [0.1, 0.15) is 5.78 Å². The van der Waals surface area contributed by atoms with E-state index >= 15 is 0 Å². The molecule has 1 aliphatic heterocycles. The van der Waals surface area contributed by atoms with Crippen LogP contribution in [0.4, 0.5) is 0 Å². The first-order valence-corrected chi connectivity index (χ1v) is 19.6. The molecule has 1 aromatic carbocycles. The van der Waals surface area contributed by atoms with Crippen molar-refractivity contribution >= 4 is 29.4 Å². The van der Waals surface area contributed by atoms with Gasteiger partial charge in [-0.2, -0.15) is 0 Å². The molecule has 3 rings (SSSR count). The Morgan fingerprint density at radius 2 is 1.53 bits per heavy atom. The second-order valence-corrected chi connectivity index (χ2v) is 16.4. The Bertz CT molecular complexity index is 1360. The highest BCUT2D eigenvalue weighted by Gasteiger charge is 2.44. The molecule has 2 fully saturated rings. The molecule has 1 heterocycles. The van der Waals surface area contributed by atoms with Crippen LogP contribution in [0.2, 0.25) is 0 Å². The molecular weight excluding hydrogens is 674 g/mol. The zero-order chi connectivity index (χ0) is 39.5. The molecule has 0 unspecified atom stereocenters. The van der Waals surface area contributed by atoms with Crippen LogP contribution in [0, 0.1) is 29.6 Å². The number of Topliss-reactive ketones (excluding diaryl/α,β-unsaturated/α-hetero) is 2. The molecule has 7 atom stereocenters. The monoisotopic (exact) mass is 741 g/mol. The van der Waals surface area contributed by atoms with E-state index in [2.05, 4.69) is 0 Å². The number of ketones is 2. The first kappa shape index (κ1) is 44.2. The molecule has 298 valence electrons. The summed E-state index contributed by atoms with van der Waals surface area (Å²) in [6.07, 6.45) is 5.85. The largest absolute Gasteiger partial charge is 0.469 e. The summed E-state index contributed by atoms with van der Waals surface area (Å²) in [5.74, 6) is -2.67. The Morgan fingerprint density at radius 1 is 0.887 bits per heavy atom. The predicted molar refractivity (Wildman–Crippen MR) is 205 cm³/mol.